The predicted octanol–water partition coefficient (Wildman–Crippen LogP) is 3.50. The minimum atomic E-state index is -0.384. The number of aromatic hydroxyl groups is 1. The van der Waals surface area contributed by atoms with Gasteiger partial charge in [0.05, 0.1) is 23.1 Å². The SMILES string of the molecule is N#Cc1ccccc1CN1C(=O)SC(=Cc2ccc(O)cc2)C1=O. The highest BCUT2D eigenvalue weighted by Gasteiger charge is 2.35. The monoisotopic (exact) mass is 336 g/mol. The summed E-state index contributed by atoms with van der Waals surface area (Å²) in [5, 5.41) is 18.0. The molecule has 118 valence electrons. The molecule has 0 saturated carbocycles. The number of nitrogens with zero attached hydrogens (tertiary/aromatic N) is 2. The lowest BCUT2D eigenvalue weighted by molar-refractivity contribution is -0.123. The predicted molar refractivity (Wildman–Crippen MR) is 90.8 cm³/mol. The van der Waals surface area contributed by atoms with E-state index in [-0.39, 0.29) is 23.4 Å². The van der Waals surface area contributed by atoms with Crippen LogP contribution in [0.1, 0.15) is 16.7 Å². The normalized spacial score (nSPS) is 15.8. The smallest absolute Gasteiger partial charge is 0.293 e. The van der Waals surface area contributed by atoms with Gasteiger partial charge in [-0.15, -0.1) is 0 Å². The molecule has 2 aromatic rings. The molecule has 3 rings (SSSR count). The van der Waals surface area contributed by atoms with Gasteiger partial charge in [0.2, 0.25) is 0 Å². The first-order valence-electron chi connectivity index (χ1n) is 7.11. The molecule has 0 atom stereocenters. The summed E-state index contributed by atoms with van der Waals surface area (Å²) in [6, 6.07) is 15.3. The molecule has 0 aromatic heterocycles. The standard InChI is InChI=1S/C18H12N2O3S/c19-10-13-3-1-2-4-14(13)11-20-17(22)16(24-18(20)23)9-12-5-7-15(21)8-6-12/h1-9,21H,11H2. The van der Waals surface area contributed by atoms with E-state index < -0.39 is 0 Å². The lowest BCUT2D eigenvalue weighted by atomic mass is 10.1. The van der Waals surface area contributed by atoms with Crippen molar-refractivity contribution in [2.45, 2.75) is 6.54 Å². The molecular weight excluding hydrogens is 324 g/mol. The van der Waals surface area contributed by atoms with E-state index in [1.807, 2.05) is 0 Å². The van der Waals surface area contributed by atoms with Crippen LogP contribution in [0.5, 0.6) is 5.75 Å². The van der Waals surface area contributed by atoms with Crippen molar-refractivity contribution in [3.8, 4) is 11.8 Å². The van der Waals surface area contributed by atoms with Crippen molar-refractivity contribution in [2.75, 3.05) is 0 Å². The molecule has 0 spiro atoms. The Hall–Kier alpha value is -3.04. The Bertz CT molecular complexity index is 882. The van der Waals surface area contributed by atoms with Crippen LogP contribution in [0.25, 0.3) is 6.08 Å². The number of rotatable bonds is 3. The first kappa shape index (κ1) is 15.8. The van der Waals surface area contributed by atoms with Gasteiger partial charge in [-0.3, -0.25) is 14.5 Å². The van der Waals surface area contributed by atoms with E-state index in [1.165, 1.54) is 12.1 Å². The highest BCUT2D eigenvalue weighted by Crippen LogP contribution is 2.33. The number of nitriles is 1. The molecule has 1 aliphatic heterocycles. The highest BCUT2D eigenvalue weighted by molar-refractivity contribution is 8.18. The van der Waals surface area contributed by atoms with Gasteiger partial charge in [-0.25, -0.2) is 0 Å². The van der Waals surface area contributed by atoms with Crippen LogP contribution in [0, 0.1) is 11.3 Å². The first-order chi connectivity index (χ1) is 11.6. The fourth-order valence-corrected chi connectivity index (χ4v) is 3.13. The van der Waals surface area contributed by atoms with Crippen molar-refractivity contribution in [3.05, 3.63) is 70.1 Å². The molecule has 2 amide bonds. The van der Waals surface area contributed by atoms with Crippen LogP contribution in [-0.4, -0.2) is 21.2 Å². The number of hydrogen-bond donors (Lipinski definition) is 1. The van der Waals surface area contributed by atoms with Gasteiger partial charge >= 0.3 is 0 Å². The van der Waals surface area contributed by atoms with Gasteiger partial charge in [0, 0.05) is 0 Å². The lowest BCUT2D eigenvalue weighted by Gasteiger charge is -2.13. The molecule has 1 aliphatic rings. The van der Waals surface area contributed by atoms with Crippen molar-refractivity contribution in [1.82, 2.24) is 4.90 Å². The third-order valence-corrected chi connectivity index (χ3v) is 4.44. The van der Waals surface area contributed by atoms with E-state index >= 15 is 0 Å². The average molecular weight is 336 g/mol. The molecule has 1 N–H and O–H groups in total. The van der Waals surface area contributed by atoms with E-state index in [9.17, 15) is 14.7 Å². The number of imide groups is 1. The number of carbonyl (C=O) groups excluding carboxylic acids is 2. The number of hydrogen-bond acceptors (Lipinski definition) is 5. The summed E-state index contributed by atoms with van der Waals surface area (Å²) in [4.78, 5) is 26.1. The van der Waals surface area contributed by atoms with E-state index in [0.717, 1.165) is 22.2 Å². The zero-order chi connectivity index (χ0) is 17.1. The zero-order valence-corrected chi connectivity index (χ0v) is 13.3. The largest absolute Gasteiger partial charge is 0.508 e. The van der Waals surface area contributed by atoms with Crippen LogP contribution in [-0.2, 0) is 11.3 Å². The van der Waals surface area contributed by atoms with Crippen LogP contribution in [0.3, 0.4) is 0 Å². The molecule has 0 aliphatic carbocycles. The number of phenols is 1. The molecule has 0 bridgehead atoms. The van der Waals surface area contributed by atoms with Gasteiger partial charge in [0.25, 0.3) is 11.1 Å². The summed E-state index contributed by atoms with van der Waals surface area (Å²) in [7, 11) is 0. The number of thioether (sulfide) groups is 1. The second-order valence-electron chi connectivity index (χ2n) is 5.13. The summed E-state index contributed by atoms with van der Waals surface area (Å²) >= 11 is 0.867. The van der Waals surface area contributed by atoms with Gasteiger partial charge in [0.1, 0.15) is 5.75 Å². The maximum absolute atomic E-state index is 12.5. The average Bonchev–Trinajstić information content (AvgIpc) is 2.85. The van der Waals surface area contributed by atoms with Crippen LogP contribution >= 0.6 is 11.8 Å². The van der Waals surface area contributed by atoms with Crippen molar-refractivity contribution in [3.63, 3.8) is 0 Å². The summed E-state index contributed by atoms with van der Waals surface area (Å²) < 4.78 is 0. The maximum atomic E-state index is 12.5. The van der Waals surface area contributed by atoms with E-state index in [4.69, 9.17) is 5.26 Å². The van der Waals surface area contributed by atoms with Crippen LogP contribution in [0.2, 0.25) is 0 Å². The highest BCUT2D eigenvalue weighted by atomic mass is 32.2. The second kappa shape index (κ2) is 6.60. The third kappa shape index (κ3) is 3.16. The van der Waals surface area contributed by atoms with Crippen LogP contribution < -0.4 is 0 Å². The van der Waals surface area contributed by atoms with Crippen molar-refractivity contribution >= 4 is 29.0 Å². The third-order valence-electron chi connectivity index (χ3n) is 3.53. The number of phenolic OH excluding ortho intramolecular Hbond substituents is 1. The van der Waals surface area contributed by atoms with Gasteiger partial charge in [-0.05, 0) is 47.2 Å². The van der Waals surface area contributed by atoms with Gasteiger partial charge in [-0.1, -0.05) is 30.3 Å². The van der Waals surface area contributed by atoms with Crippen LogP contribution in [0.4, 0.5) is 4.79 Å². The van der Waals surface area contributed by atoms with Crippen molar-refractivity contribution in [1.29, 1.82) is 5.26 Å². The summed E-state index contributed by atoms with van der Waals surface area (Å²) in [5.74, 6) is -0.251. The Labute approximate surface area is 142 Å². The van der Waals surface area contributed by atoms with E-state index in [2.05, 4.69) is 6.07 Å². The van der Waals surface area contributed by atoms with Gasteiger partial charge in [0.15, 0.2) is 0 Å². The summed E-state index contributed by atoms with van der Waals surface area (Å²) in [5.41, 5.74) is 1.79. The van der Waals surface area contributed by atoms with Crippen molar-refractivity contribution in [2.24, 2.45) is 0 Å². The molecule has 24 heavy (non-hydrogen) atoms. The molecule has 1 fully saturated rings. The molecular formula is C18H12N2O3S. The Morgan fingerprint density at radius 3 is 2.54 bits per heavy atom. The molecule has 0 unspecified atom stereocenters. The Morgan fingerprint density at radius 1 is 1.12 bits per heavy atom. The molecule has 1 heterocycles. The summed E-state index contributed by atoms with van der Waals surface area (Å²) in [6.07, 6.45) is 1.61. The number of benzene rings is 2. The number of amides is 2. The minimum absolute atomic E-state index is 0.0708. The molecule has 2 aromatic carbocycles. The quantitative estimate of drug-likeness (QED) is 0.868. The Morgan fingerprint density at radius 2 is 1.83 bits per heavy atom. The lowest BCUT2D eigenvalue weighted by Crippen LogP contribution is -2.27. The first-order valence-corrected chi connectivity index (χ1v) is 7.92. The topological polar surface area (TPSA) is 81.4 Å². The number of carbonyl (C=O) groups is 2. The van der Waals surface area contributed by atoms with Crippen LogP contribution in [0.15, 0.2) is 53.4 Å². The van der Waals surface area contributed by atoms with Crippen molar-refractivity contribution < 1.29 is 14.7 Å². The molecule has 1 saturated heterocycles. The minimum Gasteiger partial charge on any atom is -0.508 e. The molecule has 0 radical (unpaired) electrons. The zero-order valence-electron chi connectivity index (χ0n) is 12.5. The van der Waals surface area contributed by atoms with Gasteiger partial charge < -0.3 is 5.11 Å². The second-order valence-corrected chi connectivity index (χ2v) is 6.12. The molecule has 6 heteroatoms. The fraction of sp³-hybridized carbons (Fsp3) is 0.0556. The Kier molecular flexibility index (Phi) is 4.36. The van der Waals surface area contributed by atoms with E-state index in [1.54, 1.807) is 42.5 Å². The van der Waals surface area contributed by atoms with E-state index in [0.29, 0.717) is 16.0 Å². The van der Waals surface area contributed by atoms with Gasteiger partial charge in [-0.2, -0.15) is 5.26 Å². The summed E-state index contributed by atoms with van der Waals surface area (Å²) in [6.45, 7) is 0.0708. The maximum Gasteiger partial charge on any atom is 0.293 e. The molecule has 5 nitrogen and oxygen atoms in total. The Balaban J connectivity index is 1.84. The fourth-order valence-electron chi connectivity index (χ4n) is 2.30.